The van der Waals surface area contributed by atoms with E-state index >= 15 is 0 Å². The van der Waals surface area contributed by atoms with Crippen molar-refractivity contribution in [2.24, 2.45) is 17.8 Å². The molecule has 2 heteroatoms. The third-order valence-electron chi connectivity index (χ3n) is 4.98. The number of rotatable bonds is 3. The molecule has 0 unspecified atom stereocenters. The summed E-state index contributed by atoms with van der Waals surface area (Å²) < 4.78 is 0. The van der Waals surface area contributed by atoms with Crippen molar-refractivity contribution in [3.63, 3.8) is 0 Å². The number of piperidine rings is 2. The van der Waals surface area contributed by atoms with Gasteiger partial charge in [0.1, 0.15) is 0 Å². The summed E-state index contributed by atoms with van der Waals surface area (Å²) in [6.45, 7) is 15.1. The van der Waals surface area contributed by atoms with E-state index in [4.69, 9.17) is 0 Å². The van der Waals surface area contributed by atoms with Gasteiger partial charge in [-0.15, -0.1) is 0 Å². The molecular weight excluding hydrogens is 208 g/mol. The maximum Gasteiger partial charge on any atom is 0.00132 e. The van der Waals surface area contributed by atoms with Crippen LogP contribution in [0.1, 0.15) is 40.0 Å². The molecule has 0 aromatic heterocycles. The third kappa shape index (κ3) is 3.69. The largest absolute Gasteiger partial charge is 0.303 e. The van der Waals surface area contributed by atoms with Crippen LogP contribution in [0.3, 0.4) is 0 Å². The Bertz CT molecular complexity index is 221. The van der Waals surface area contributed by atoms with Crippen LogP contribution < -0.4 is 0 Å². The molecule has 2 aliphatic rings. The third-order valence-corrected chi connectivity index (χ3v) is 4.98. The van der Waals surface area contributed by atoms with Crippen LogP contribution in [0, 0.1) is 17.8 Å². The van der Waals surface area contributed by atoms with E-state index in [1.165, 1.54) is 58.5 Å². The zero-order valence-corrected chi connectivity index (χ0v) is 12.0. The summed E-state index contributed by atoms with van der Waals surface area (Å²) in [5, 5.41) is 0. The lowest BCUT2D eigenvalue weighted by Gasteiger charge is -2.40. The highest BCUT2D eigenvalue weighted by atomic mass is 15.2. The van der Waals surface area contributed by atoms with Crippen LogP contribution in [0.2, 0.25) is 0 Å². The minimum Gasteiger partial charge on any atom is -0.303 e. The molecule has 2 rings (SSSR count). The molecule has 0 aliphatic carbocycles. The SMILES string of the molecule is CCN1CC[C@H](CN2CCC(C)CC2)[C@H](C)C1. The molecule has 0 saturated carbocycles. The predicted molar refractivity (Wildman–Crippen MR) is 74.2 cm³/mol. The molecule has 0 N–H and O–H groups in total. The summed E-state index contributed by atoms with van der Waals surface area (Å²) in [6, 6.07) is 0. The van der Waals surface area contributed by atoms with Gasteiger partial charge in [-0.2, -0.15) is 0 Å². The molecule has 0 spiro atoms. The van der Waals surface area contributed by atoms with Gasteiger partial charge in [0, 0.05) is 13.1 Å². The van der Waals surface area contributed by atoms with E-state index in [9.17, 15) is 0 Å². The van der Waals surface area contributed by atoms with Crippen molar-refractivity contribution < 1.29 is 0 Å². The average Bonchev–Trinajstić information content (AvgIpc) is 2.34. The highest BCUT2D eigenvalue weighted by molar-refractivity contribution is 4.81. The molecule has 0 aromatic rings. The number of hydrogen-bond donors (Lipinski definition) is 0. The van der Waals surface area contributed by atoms with E-state index in [0.29, 0.717) is 0 Å². The maximum atomic E-state index is 2.72. The van der Waals surface area contributed by atoms with Gasteiger partial charge in [0.2, 0.25) is 0 Å². The van der Waals surface area contributed by atoms with E-state index in [1.807, 2.05) is 0 Å². The summed E-state index contributed by atoms with van der Waals surface area (Å²) in [5.74, 6) is 2.81. The van der Waals surface area contributed by atoms with Gasteiger partial charge >= 0.3 is 0 Å². The molecule has 2 saturated heterocycles. The summed E-state index contributed by atoms with van der Waals surface area (Å²) in [6.07, 6.45) is 4.26. The fourth-order valence-corrected chi connectivity index (χ4v) is 3.42. The Morgan fingerprint density at radius 1 is 0.941 bits per heavy atom. The Balaban J connectivity index is 1.75. The molecule has 2 fully saturated rings. The molecule has 17 heavy (non-hydrogen) atoms. The highest BCUT2D eigenvalue weighted by Crippen LogP contribution is 2.26. The Labute approximate surface area is 107 Å². The molecule has 0 radical (unpaired) electrons. The molecule has 0 amide bonds. The summed E-state index contributed by atoms with van der Waals surface area (Å²) in [4.78, 5) is 5.34. The highest BCUT2D eigenvalue weighted by Gasteiger charge is 2.27. The van der Waals surface area contributed by atoms with E-state index < -0.39 is 0 Å². The molecule has 2 nitrogen and oxygen atoms in total. The number of likely N-dealkylation sites (tertiary alicyclic amines) is 2. The molecule has 2 heterocycles. The van der Waals surface area contributed by atoms with Crippen LogP contribution in [0.5, 0.6) is 0 Å². The lowest BCUT2D eigenvalue weighted by molar-refractivity contribution is 0.0857. The van der Waals surface area contributed by atoms with Gasteiger partial charge in [0.05, 0.1) is 0 Å². The molecule has 2 aliphatic heterocycles. The van der Waals surface area contributed by atoms with Gasteiger partial charge in [-0.3, -0.25) is 0 Å². The zero-order valence-electron chi connectivity index (χ0n) is 12.0. The van der Waals surface area contributed by atoms with Gasteiger partial charge in [0.25, 0.3) is 0 Å². The quantitative estimate of drug-likeness (QED) is 0.746. The Hall–Kier alpha value is -0.0800. The molecule has 100 valence electrons. The van der Waals surface area contributed by atoms with E-state index in [-0.39, 0.29) is 0 Å². The zero-order chi connectivity index (χ0) is 12.3. The second-order valence-corrected chi connectivity index (χ2v) is 6.40. The van der Waals surface area contributed by atoms with Crippen molar-refractivity contribution in [1.82, 2.24) is 9.80 Å². The van der Waals surface area contributed by atoms with Gasteiger partial charge in [-0.05, 0) is 63.2 Å². The van der Waals surface area contributed by atoms with Crippen LogP contribution >= 0.6 is 0 Å². The first-order chi connectivity index (χ1) is 8.19. The Morgan fingerprint density at radius 2 is 1.59 bits per heavy atom. The van der Waals surface area contributed by atoms with E-state index in [0.717, 1.165) is 17.8 Å². The van der Waals surface area contributed by atoms with Crippen molar-refractivity contribution in [1.29, 1.82) is 0 Å². The summed E-state index contributed by atoms with van der Waals surface area (Å²) in [7, 11) is 0. The van der Waals surface area contributed by atoms with Crippen molar-refractivity contribution in [2.75, 3.05) is 39.3 Å². The van der Waals surface area contributed by atoms with Gasteiger partial charge < -0.3 is 9.80 Å². The summed E-state index contributed by atoms with van der Waals surface area (Å²) >= 11 is 0. The Kier molecular flexibility index (Phi) is 4.87. The molecule has 0 aromatic carbocycles. The number of nitrogens with zero attached hydrogens (tertiary/aromatic N) is 2. The first-order valence-corrected chi connectivity index (χ1v) is 7.63. The predicted octanol–water partition coefficient (Wildman–Crippen LogP) is 2.70. The first kappa shape index (κ1) is 13.4. The van der Waals surface area contributed by atoms with Crippen LogP contribution in [0.25, 0.3) is 0 Å². The van der Waals surface area contributed by atoms with E-state index in [2.05, 4.69) is 30.6 Å². The minimum atomic E-state index is 0.892. The average molecular weight is 238 g/mol. The van der Waals surface area contributed by atoms with Crippen molar-refractivity contribution >= 4 is 0 Å². The van der Waals surface area contributed by atoms with Crippen molar-refractivity contribution in [3.05, 3.63) is 0 Å². The normalized spacial score (nSPS) is 34.1. The topological polar surface area (TPSA) is 6.48 Å². The fourth-order valence-electron chi connectivity index (χ4n) is 3.42. The smallest absolute Gasteiger partial charge is 0.00132 e. The van der Waals surface area contributed by atoms with Crippen molar-refractivity contribution in [3.8, 4) is 0 Å². The minimum absolute atomic E-state index is 0.892. The van der Waals surface area contributed by atoms with Crippen LogP contribution in [0.4, 0.5) is 0 Å². The van der Waals surface area contributed by atoms with Crippen LogP contribution in [-0.4, -0.2) is 49.1 Å². The van der Waals surface area contributed by atoms with Gasteiger partial charge in [0.15, 0.2) is 0 Å². The van der Waals surface area contributed by atoms with Crippen LogP contribution in [0.15, 0.2) is 0 Å². The van der Waals surface area contributed by atoms with Crippen LogP contribution in [-0.2, 0) is 0 Å². The second-order valence-electron chi connectivity index (χ2n) is 6.40. The van der Waals surface area contributed by atoms with Gasteiger partial charge in [-0.25, -0.2) is 0 Å². The lowest BCUT2D eigenvalue weighted by atomic mass is 9.85. The Morgan fingerprint density at radius 3 is 2.18 bits per heavy atom. The fraction of sp³-hybridized carbons (Fsp3) is 1.00. The number of hydrogen-bond acceptors (Lipinski definition) is 2. The lowest BCUT2D eigenvalue weighted by Crippen LogP contribution is -2.45. The molecule has 2 atom stereocenters. The monoisotopic (exact) mass is 238 g/mol. The maximum absolute atomic E-state index is 2.72. The first-order valence-electron chi connectivity index (χ1n) is 7.63. The van der Waals surface area contributed by atoms with Gasteiger partial charge in [-0.1, -0.05) is 20.8 Å². The van der Waals surface area contributed by atoms with Crippen molar-refractivity contribution in [2.45, 2.75) is 40.0 Å². The van der Waals surface area contributed by atoms with E-state index in [1.54, 1.807) is 0 Å². The standard InChI is InChI=1S/C15H30N2/c1-4-16-10-7-15(14(3)11-16)12-17-8-5-13(2)6-9-17/h13-15H,4-12H2,1-3H3/t14-,15-/m1/s1. The molecule has 0 bridgehead atoms. The summed E-state index contributed by atoms with van der Waals surface area (Å²) in [5.41, 5.74) is 0. The second kappa shape index (κ2) is 6.19. The molecular formula is C15H30N2.